The highest BCUT2D eigenvalue weighted by Crippen LogP contribution is 2.33. The molecule has 1 unspecified atom stereocenters. The lowest BCUT2D eigenvalue weighted by Gasteiger charge is -2.18. The first-order valence-electron chi connectivity index (χ1n) is 7.84. The molecule has 6 heteroatoms. The number of carbonyl (C=O) groups excluding carboxylic acids is 2. The van der Waals surface area contributed by atoms with Gasteiger partial charge < -0.3 is 10.5 Å². The van der Waals surface area contributed by atoms with Gasteiger partial charge in [-0.3, -0.25) is 9.59 Å². The lowest BCUT2D eigenvalue weighted by atomic mass is 9.87. The molecule has 0 aliphatic carbocycles. The van der Waals surface area contributed by atoms with E-state index < -0.39 is 11.7 Å². The Morgan fingerprint density at radius 1 is 1.24 bits per heavy atom. The molecule has 0 radical (unpaired) electrons. The second-order valence-corrected chi connectivity index (χ2v) is 6.55. The number of anilines is 1. The molecule has 25 heavy (non-hydrogen) atoms. The van der Waals surface area contributed by atoms with Gasteiger partial charge in [0.05, 0.1) is 12.5 Å². The summed E-state index contributed by atoms with van der Waals surface area (Å²) in [6.45, 7) is 3.54. The van der Waals surface area contributed by atoms with E-state index in [0.717, 1.165) is 0 Å². The molecule has 0 bridgehead atoms. The minimum Gasteiger partial charge on any atom is -0.494 e. The molecule has 0 aliphatic rings. The molecule has 2 aromatic rings. The van der Waals surface area contributed by atoms with Crippen LogP contribution >= 0.6 is 15.9 Å². The lowest BCUT2D eigenvalue weighted by Crippen LogP contribution is -2.17. The van der Waals surface area contributed by atoms with Gasteiger partial charge in [-0.2, -0.15) is 0 Å². The van der Waals surface area contributed by atoms with Crippen LogP contribution in [0.15, 0.2) is 40.9 Å². The summed E-state index contributed by atoms with van der Waals surface area (Å²) in [6.07, 6.45) is -0.112. The van der Waals surface area contributed by atoms with Gasteiger partial charge in [-0.05, 0) is 50.2 Å². The van der Waals surface area contributed by atoms with E-state index in [-0.39, 0.29) is 18.0 Å². The summed E-state index contributed by atoms with van der Waals surface area (Å²) < 4.78 is 19.9. The van der Waals surface area contributed by atoms with E-state index in [2.05, 4.69) is 15.9 Å². The first-order chi connectivity index (χ1) is 11.8. The van der Waals surface area contributed by atoms with Crippen molar-refractivity contribution in [3.05, 3.63) is 57.8 Å². The van der Waals surface area contributed by atoms with Crippen molar-refractivity contribution in [1.29, 1.82) is 0 Å². The molecule has 0 saturated heterocycles. The molecule has 0 saturated carbocycles. The van der Waals surface area contributed by atoms with Crippen LogP contribution in [0.2, 0.25) is 0 Å². The zero-order chi connectivity index (χ0) is 18.6. The second kappa shape index (κ2) is 8.25. The molecule has 0 fully saturated rings. The van der Waals surface area contributed by atoms with E-state index >= 15 is 0 Å². The number of hydrogen-bond donors (Lipinski definition) is 1. The fraction of sp³-hybridized carbons (Fsp3) is 0.263. The fourth-order valence-electron chi connectivity index (χ4n) is 2.62. The summed E-state index contributed by atoms with van der Waals surface area (Å²) >= 11 is 3.30. The average molecular weight is 408 g/mol. The Morgan fingerprint density at radius 2 is 1.96 bits per heavy atom. The molecule has 0 heterocycles. The molecule has 2 rings (SSSR count). The monoisotopic (exact) mass is 407 g/mol. The quantitative estimate of drug-likeness (QED) is 0.541. The number of nitrogens with two attached hydrogens (primary N) is 1. The molecule has 2 aromatic carbocycles. The normalized spacial score (nSPS) is 11.8. The minimum atomic E-state index is -0.803. The summed E-state index contributed by atoms with van der Waals surface area (Å²) in [6, 6.07) is 8.95. The van der Waals surface area contributed by atoms with Gasteiger partial charge in [0.15, 0.2) is 5.78 Å². The topological polar surface area (TPSA) is 69.4 Å². The summed E-state index contributed by atoms with van der Waals surface area (Å²) in [7, 11) is 0. The van der Waals surface area contributed by atoms with Crippen molar-refractivity contribution >= 4 is 33.2 Å². The van der Waals surface area contributed by atoms with Crippen LogP contribution in [-0.2, 0) is 4.79 Å². The number of Topliss-reactive ketones (excluding diaryl/α,β-unsaturated/α-hetero) is 2. The fourth-order valence-corrected chi connectivity index (χ4v) is 2.98. The first-order valence-corrected chi connectivity index (χ1v) is 8.63. The van der Waals surface area contributed by atoms with E-state index in [1.165, 1.54) is 25.1 Å². The molecule has 2 N–H and O–H groups in total. The van der Waals surface area contributed by atoms with Gasteiger partial charge in [-0.15, -0.1) is 0 Å². The van der Waals surface area contributed by atoms with E-state index in [9.17, 15) is 14.0 Å². The number of hydrogen-bond acceptors (Lipinski definition) is 4. The zero-order valence-electron chi connectivity index (χ0n) is 14.0. The van der Waals surface area contributed by atoms with Crippen LogP contribution in [0.3, 0.4) is 0 Å². The van der Waals surface area contributed by atoms with Gasteiger partial charge in [0.1, 0.15) is 17.3 Å². The molecule has 0 aromatic heterocycles. The number of halogens is 2. The summed E-state index contributed by atoms with van der Waals surface area (Å²) in [5.74, 6) is -1.42. The summed E-state index contributed by atoms with van der Waals surface area (Å²) in [5, 5.41) is 0. The zero-order valence-corrected chi connectivity index (χ0v) is 15.6. The van der Waals surface area contributed by atoms with Crippen molar-refractivity contribution in [2.75, 3.05) is 12.3 Å². The van der Waals surface area contributed by atoms with Crippen LogP contribution in [0.25, 0.3) is 0 Å². The average Bonchev–Trinajstić information content (AvgIpc) is 2.56. The third-order valence-corrected chi connectivity index (χ3v) is 4.34. The Labute approximate surface area is 154 Å². The third-order valence-electron chi connectivity index (χ3n) is 3.84. The van der Waals surface area contributed by atoms with Gasteiger partial charge in [-0.1, -0.05) is 15.9 Å². The van der Waals surface area contributed by atoms with Crippen molar-refractivity contribution in [2.45, 2.75) is 26.2 Å². The van der Waals surface area contributed by atoms with Crippen molar-refractivity contribution in [1.82, 2.24) is 0 Å². The van der Waals surface area contributed by atoms with Gasteiger partial charge in [-0.25, -0.2) is 4.39 Å². The highest BCUT2D eigenvalue weighted by atomic mass is 79.9. The van der Waals surface area contributed by atoms with Crippen LogP contribution in [-0.4, -0.2) is 18.2 Å². The summed E-state index contributed by atoms with van der Waals surface area (Å²) in [4.78, 5) is 24.8. The minimum absolute atomic E-state index is 0.112. The second-order valence-electron chi connectivity index (χ2n) is 5.64. The van der Waals surface area contributed by atoms with Crippen LogP contribution in [0.1, 0.15) is 42.1 Å². The van der Waals surface area contributed by atoms with Gasteiger partial charge in [0, 0.05) is 27.7 Å². The van der Waals surface area contributed by atoms with E-state index in [1.807, 2.05) is 0 Å². The molecule has 132 valence electrons. The lowest BCUT2D eigenvalue weighted by molar-refractivity contribution is -0.118. The van der Waals surface area contributed by atoms with Crippen LogP contribution < -0.4 is 10.5 Å². The first kappa shape index (κ1) is 19.1. The molecule has 1 atom stereocenters. The predicted octanol–water partition coefficient (Wildman–Crippen LogP) is 4.51. The highest BCUT2D eigenvalue weighted by molar-refractivity contribution is 9.10. The van der Waals surface area contributed by atoms with Crippen LogP contribution in [0.5, 0.6) is 5.75 Å². The number of ketones is 2. The van der Waals surface area contributed by atoms with E-state index in [1.54, 1.807) is 25.1 Å². The molecular formula is C19H19BrFNO3. The Bertz CT molecular complexity index is 807. The number of rotatable bonds is 7. The molecular weight excluding hydrogens is 389 g/mol. The Kier molecular flexibility index (Phi) is 6.31. The standard InChI is InChI=1S/C19H19BrFNO3/c1-3-25-19-7-5-13(21)9-15(19)14(11(2)23)10-18(24)16-8-12(20)4-6-17(16)22/h4-9,14H,3,10,22H2,1-2H3. The van der Waals surface area contributed by atoms with Crippen LogP contribution in [0.4, 0.5) is 10.1 Å². The number of ether oxygens (including phenoxy) is 1. The van der Waals surface area contributed by atoms with Crippen molar-refractivity contribution in [3.8, 4) is 5.75 Å². The van der Waals surface area contributed by atoms with Crippen molar-refractivity contribution < 1.29 is 18.7 Å². The van der Waals surface area contributed by atoms with Crippen LogP contribution in [0, 0.1) is 5.82 Å². The number of nitrogen functional groups attached to an aromatic ring is 1. The molecule has 0 amide bonds. The Hall–Kier alpha value is -2.21. The molecule has 0 aliphatic heterocycles. The smallest absolute Gasteiger partial charge is 0.166 e. The van der Waals surface area contributed by atoms with Crippen molar-refractivity contribution in [2.24, 2.45) is 0 Å². The maximum absolute atomic E-state index is 13.7. The number of carbonyl (C=O) groups is 2. The summed E-state index contributed by atoms with van der Waals surface area (Å²) in [5.41, 5.74) is 6.90. The molecule has 0 spiro atoms. The predicted molar refractivity (Wildman–Crippen MR) is 98.5 cm³/mol. The van der Waals surface area contributed by atoms with Gasteiger partial charge in [0.2, 0.25) is 0 Å². The van der Waals surface area contributed by atoms with E-state index in [0.29, 0.717) is 33.6 Å². The van der Waals surface area contributed by atoms with Gasteiger partial charge in [0.25, 0.3) is 0 Å². The number of benzene rings is 2. The Morgan fingerprint density at radius 3 is 2.60 bits per heavy atom. The maximum atomic E-state index is 13.7. The van der Waals surface area contributed by atoms with Gasteiger partial charge >= 0.3 is 0 Å². The largest absolute Gasteiger partial charge is 0.494 e. The highest BCUT2D eigenvalue weighted by Gasteiger charge is 2.26. The maximum Gasteiger partial charge on any atom is 0.166 e. The Balaban J connectivity index is 2.39. The van der Waals surface area contributed by atoms with Crippen molar-refractivity contribution in [3.63, 3.8) is 0 Å². The SMILES string of the molecule is CCOc1ccc(F)cc1C(CC(=O)c1cc(Br)ccc1N)C(C)=O. The van der Waals surface area contributed by atoms with E-state index in [4.69, 9.17) is 10.5 Å². The molecule has 4 nitrogen and oxygen atoms in total. The third kappa shape index (κ3) is 4.66.